The van der Waals surface area contributed by atoms with Gasteiger partial charge in [0.2, 0.25) is 5.76 Å². The zero-order valence-electron chi connectivity index (χ0n) is 20.2. The smallest absolute Gasteiger partial charge is 0.290 e. The molecule has 3 aromatic rings. The molecule has 0 radical (unpaired) electrons. The van der Waals surface area contributed by atoms with Crippen molar-refractivity contribution in [3.05, 3.63) is 74.6 Å². The van der Waals surface area contributed by atoms with Gasteiger partial charge in [-0.2, -0.15) is 0 Å². The molecule has 0 aliphatic carbocycles. The number of ether oxygens (including phenoxy) is 1. The molecular weight excluding hydrogens is 416 g/mol. The molecule has 1 amide bonds. The van der Waals surface area contributed by atoms with E-state index < -0.39 is 6.04 Å². The van der Waals surface area contributed by atoms with Crippen LogP contribution in [-0.4, -0.2) is 44.6 Å². The molecule has 0 fully saturated rings. The van der Waals surface area contributed by atoms with Gasteiger partial charge in [0.1, 0.15) is 11.3 Å². The number of carbonyl (C=O) groups excluding carboxylic acids is 1. The summed E-state index contributed by atoms with van der Waals surface area (Å²) in [6.45, 7) is 8.16. The molecule has 6 heteroatoms. The molecule has 2 aromatic carbocycles. The van der Waals surface area contributed by atoms with Crippen LogP contribution < -0.4 is 15.1 Å². The predicted octanol–water partition coefficient (Wildman–Crippen LogP) is 3.28. The van der Waals surface area contributed by atoms with Gasteiger partial charge in [-0.25, -0.2) is 0 Å². The average Bonchev–Trinajstić information content (AvgIpc) is 3.06. The first kappa shape index (κ1) is 23.1. The van der Waals surface area contributed by atoms with Gasteiger partial charge in [-0.15, -0.1) is 0 Å². The summed E-state index contributed by atoms with van der Waals surface area (Å²) in [5, 5.41) is 0.525. The summed E-state index contributed by atoms with van der Waals surface area (Å²) >= 11 is 0. The monoisotopic (exact) mass is 449 g/mol. The van der Waals surface area contributed by atoms with Crippen LogP contribution in [0.15, 0.2) is 45.6 Å². The lowest BCUT2D eigenvalue weighted by Crippen LogP contribution is -3.05. The summed E-state index contributed by atoms with van der Waals surface area (Å²) < 4.78 is 11.8. The van der Waals surface area contributed by atoms with Crippen LogP contribution >= 0.6 is 0 Å². The summed E-state index contributed by atoms with van der Waals surface area (Å²) in [4.78, 5) is 30.3. The standard InChI is InChI=1S/C27H32N2O4/c1-6-14-32-20-10-8-19(9-11-20)24-23-25(30)21-15-17(2)18(3)16-22(21)33-26(23)27(31)29(24)13-7-12-28(4)5/h8-11,15-16,24H,6-7,12-14H2,1-5H3/p+1/t24-/m1/s1. The molecule has 0 spiro atoms. The molecule has 1 aliphatic heterocycles. The average molecular weight is 450 g/mol. The molecule has 1 atom stereocenters. The van der Waals surface area contributed by atoms with E-state index in [1.54, 1.807) is 4.90 Å². The molecule has 1 aromatic heterocycles. The Kier molecular flexibility index (Phi) is 6.56. The number of nitrogens with one attached hydrogen (secondary N) is 1. The van der Waals surface area contributed by atoms with Crippen molar-refractivity contribution < 1.29 is 18.8 Å². The van der Waals surface area contributed by atoms with Crippen molar-refractivity contribution in [3.63, 3.8) is 0 Å². The third-order valence-corrected chi connectivity index (χ3v) is 6.33. The van der Waals surface area contributed by atoms with Crippen molar-refractivity contribution in [1.82, 2.24) is 4.90 Å². The third-order valence-electron chi connectivity index (χ3n) is 6.33. The maximum atomic E-state index is 13.7. The van der Waals surface area contributed by atoms with Gasteiger partial charge >= 0.3 is 0 Å². The minimum absolute atomic E-state index is 0.125. The fourth-order valence-corrected chi connectivity index (χ4v) is 4.42. The fourth-order valence-electron chi connectivity index (χ4n) is 4.42. The van der Waals surface area contributed by atoms with Crippen molar-refractivity contribution in [2.24, 2.45) is 0 Å². The molecule has 1 aliphatic rings. The van der Waals surface area contributed by atoms with Gasteiger partial charge in [-0.1, -0.05) is 19.1 Å². The maximum absolute atomic E-state index is 13.7. The summed E-state index contributed by atoms with van der Waals surface area (Å²) in [5.41, 5.74) is 3.73. The van der Waals surface area contributed by atoms with Crippen molar-refractivity contribution in [2.75, 3.05) is 33.8 Å². The van der Waals surface area contributed by atoms with Crippen LogP contribution in [0.25, 0.3) is 11.0 Å². The van der Waals surface area contributed by atoms with Crippen LogP contribution in [0, 0.1) is 13.8 Å². The minimum Gasteiger partial charge on any atom is -0.494 e. The first-order chi connectivity index (χ1) is 15.8. The zero-order chi connectivity index (χ0) is 23.7. The van der Waals surface area contributed by atoms with E-state index in [1.807, 2.05) is 50.2 Å². The highest BCUT2D eigenvalue weighted by Gasteiger charge is 2.42. The highest BCUT2D eigenvalue weighted by molar-refractivity contribution is 5.99. The van der Waals surface area contributed by atoms with E-state index in [0.717, 1.165) is 41.8 Å². The van der Waals surface area contributed by atoms with Crippen LogP contribution in [0.2, 0.25) is 0 Å². The number of hydrogen-bond donors (Lipinski definition) is 1. The van der Waals surface area contributed by atoms with Crippen molar-refractivity contribution in [2.45, 2.75) is 39.7 Å². The highest BCUT2D eigenvalue weighted by Crippen LogP contribution is 2.38. The Labute approximate surface area is 194 Å². The van der Waals surface area contributed by atoms with E-state index in [1.165, 1.54) is 4.90 Å². The zero-order valence-corrected chi connectivity index (χ0v) is 20.2. The SMILES string of the molecule is CCCOc1ccc([C@@H]2c3c(oc4cc(C)c(C)cc4c3=O)C(=O)N2CCC[NH+](C)C)cc1. The molecule has 0 saturated carbocycles. The normalized spacial score (nSPS) is 15.5. The van der Waals surface area contributed by atoms with Crippen molar-refractivity contribution >= 4 is 16.9 Å². The molecule has 174 valence electrons. The molecular formula is C27H33N2O4+. The molecule has 0 saturated heterocycles. The Bertz CT molecular complexity index is 1230. The van der Waals surface area contributed by atoms with E-state index in [4.69, 9.17) is 9.15 Å². The van der Waals surface area contributed by atoms with Gasteiger partial charge in [-0.05, 0) is 61.2 Å². The first-order valence-corrected chi connectivity index (χ1v) is 11.7. The number of rotatable bonds is 8. The highest BCUT2D eigenvalue weighted by atomic mass is 16.5. The lowest BCUT2D eigenvalue weighted by atomic mass is 9.97. The molecule has 0 unspecified atom stereocenters. The molecule has 2 heterocycles. The van der Waals surface area contributed by atoms with E-state index in [0.29, 0.717) is 29.7 Å². The minimum atomic E-state index is -0.466. The van der Waals surface area contributed by atoms with Crippen LogP contribution in [-0.2, 0) is 0 Å². The largest absolute Gasteiger partial charge is 0.494 e. The van der Waals surface area contributed by atoms with Gasteiger partial charge in [0.25, 0.3) is 5.91 Å². The number of nitrogens with zero attached hydrogens (tertiary/aromatic N) is 1. The molecule has 33 heavy (non-hydrogen) atoms. The third kappa shape index (κ3) is 4.40. The van der Waals surface area contributed by atoms with Crippen molar-refractivity contribution in [3.8, 4) is 5.75 Å². The second kappa shape index (κ2) is 9.40. The number of amides is 1. The molecule has 1 N–H and O–H groups in total. The Balaban J connectivity index is 1.82. The number of carbonyl (C=O) groups is 1. The molecule has 4 rings (SSSR count). The van der Waals surface area contributed by atoms with Gasteiger partial charge in [-0.3, -0.25) is 9.59 Å². The topological polar surface area (TPSA) is 64.2 Å². The number of quaternary nitrogens is 1. The van der Waals surface area contributed by atoms with Crippen LogP contribution in [0.4, 0.5) is 0 Å². The van der Waals surface area contributed by atoms with E-state index in [9.17, 15) is 9.59 Å². The van der Waals surface area contributed by atoms with Crippen LogP contribution in [0.1, 0.15) is 58.6 Å². The van der Waals surface area contributed by atoms with E-state index in [2.05, 4.69) is 21.0 Å². The quantitative estimate of drug-likeness (QED) is 0.573. The number of benzene rings is 2. The second-order valence-corrected chi connectivity index (χ2v) is 9.24. The van der Waals surface area contributed by atoms with E-state index >= 15 is 0 Å². The summed E-state index contributed by atoms with van der Waals surface area (Å²) in [7, 11) is 4.19. The summed E-state index contributed by atoms with van der Waals surface area (Å²) in [6.07, 6.45) is 1.77. The van der Waals surface area contributed by atoms with Gasteiger partial charge in [0, 0.05) is 13.0 Å². The summed E-state index contributed by atoms with van der Waals surface area (Å²) in [6, 6.07) is 11.0. The van der Waals surface area contributed by atoms with Crippen molar-refractivity contribution in [1.29, 1.82) is 0 Å². The molecule has 0 bridgehead atoms. The first-order valence-electron chi connectivity index (χ1n) is 11.7. The van der Waals surface area contributed by atoms with Gasteiger partial charge < -0.3 is 19.0 Å². The molecule has 6 nitrogen and oxygen atoms in total. The summed E-state index contributed by atoms with van der Waals surface area (Å²) in [5.74, 6) is 0.737. The van der Waals surface area contributed by atoms with Gasteiger partial charge in [0.05, 0.1) is 44.2 Å². The second-order valence-electron chi connectivity index (χ2n) is 9.24. The lowest BCUT2D eigenvalue weighted by Gasteiger charge is -2.25. The maximum Gasteiger partial charge on any atom is 0.290 e. The van der Waals surface area contributed by atoms with E-state index in [-0.39, 0.29) is 17.1 Å². The number of aryl methyl sites for hydroxylation is 2. The number of hydrogen-bond acceptors (Lipinski definition) is 4. The Morgan fingerprint density at radius 2 is 1.76 bits per heavy atom. The van der Waals surface area contributed by atoms with Gasteiger partial charge in [0.15, 0.2) is 5.43 Å². The Hall–Kier alpha value is -3.12. The lowest BCUT2D eigenvalue weighted by molar-refractivity contribution is -0.858. The fraction of sp³-hybridized carbons (Fsp3) is 0.407. The Morgan fingerprint density at radius 1 is 1.06 bits per heavy atom. The number of fused-ring (bicyclic) bond motifs is 2. The van der Waals surface area contributed by atoms with Crippen LogP contribution in [0.3, 0.4) is 0 Å². The predicted molar refractivity (Wildman–Crippen MR) is 129 cm³/mol. The Morgan fingerprint density at radius 3 is 2.42 bits per heavy atom. The van der Waals surface area contributed by atoms with Crippen LogP contribution in [0.5, 0.6) is 5.75 Å².